The molecule has 1 fully saturated rings. The molecule has 0 bridgehead atoms. The zero-order chi connectivity index (χ0) is 35.4. The van der Waals surface area contributed by atoms with Crippen LogP contribution in [0.15, 0.2) is 52.6 Å². The molecule has 260 valence electrons. The molecule has 2 aromatic rings. The van der Waals surface area contributed by atoms with Gasteiger partial charge in [0.2, 0.25) is 0 Å². The summed E-state index contributed by atoms with van der Waals surface area (Å²) in [6, 6.07) is 10.5. The lowest BCUT2D eigenvalue weighted by molar-refractivity contribution is -0.137. The predicted octanol–water partition coefficient (Wildman–Crippen LogP) is 6.51. The number of hydrogen-bond donors (Lipinski definition) is 4. The highest BCUT2D eigenvalue weighted by Gasteiger charge is 2.44. The minimum absolute atomic E-state index is 0.0457. The molecule has 0 aromatic heterocycles. The highest BCUT2D eigenvalue weighted by Crippen LogP contribution is 2.47. The predicted molar refractivity (Wildman–Crippen MR) is 183 cm³/mol. The van der Waals surface area contributed by atoms with E-state index in [1.54, 1.807) is 19.2 Å². The van der Waals surface area contributed by atoms with Gasteiger partial charge in [-0.05, 0) is 81.3 Å². The Labute approximate surface area is 281 Å². The van der Waals surface area contributed by atoms with Gasteiger partial charge in [-0.25, -0.2) is 11.4 Å². The van der Waals surface area contributed by atoms with Crippen LogP contribution in [-0.2, 0) is 11.0 Å². The fourth-order valence-corrected chi connectivity index (χ4v) is 6.26. The van der Waals surface area contributed by atoms with Crippen LogP contribution in [0.25, 0.3) is 0 Å². The zero-order valence-electron chi connectivity index (χ0n) is 28.1. The molecule has 0 spiro atoms. The minimum atomic E-state index is -4.60. The minimum Gasteiger partial charge on any atom is -0.385 e. The van der Waals surface area contributed by atoms with Gasteiger partial charge in [0, 0.05) is 22.2 Å². The molecule has 0 radical (unpaired) electrons. The molecule has 2 aromatic carbocycles. The van der Waals surface area contributed by atoms with E-state index in [-0.39, 0.29) is 27.8 Å². The monoisotopic (exact) mass is 679 g/mol. The van der Waals surface area contributed by atoms with Gasteiger partial charge in [0.1, 0.15) is 23.5 Å². The van der Waals surface area contributed by atoms with Gasteiger partial charge in [0.25, 0.3) is 0 Å². The van der Waals surface area contributed by atoms with Crippen molar-refractivity contribution in [2.45, 2.75) is 84.1 Å². The van der Waals surface area contributed by atoms with E-state index in [1.165, 1.54) is 6.07 Å². The number of alkyl halides is 3. The van der Waals surface area contributed by atoms with Gasteiger partial charge in [-0.15, -0.1) is 0 Å². The average Bonchev–Trinajstić information content (AvgIpc) is 3.02. The van der Waals surface area contributed by atoms with Crippen molar-refractivity contribution < 1.29 is 22.8 Å². The molecule has 1 atom stereocenters. The van der Waals surface area contributed by atoms with Gasteiger partial charge in [-0.2, -0.15) is 18.3 Å². The van der Waals surface area contributed by atoms with Crippen molar-refractivity contribution in [2.75, 3.05) is 20.6 Å². The molecule has 6 N–H and O–H groups in total. The van der Waals surface area contributed by atoms with Crippen molar-refractivity contribution in [3.8, 4) is 0 Å². The highest BCUT2D eigenvalue weighted by atomic mass is 35.5. The molecule has 0 saturated heterocycles. The molecule has 3 rings (SSSR count). The van der Waals surface area contributed by atoms with Gasteiger partial charge in [0.15, 0.2) is 6.29 Å². The summed E-state index contributed by atoms with van der Waals surface area (Å²) in [5.41, 5.74) is 7.31. The molecule has 0 heterocycles. The number of hydrazine groups is 1. The third-order valence-electron chi connectivity index (χ3n) is 8.68. The molecular formula is C34H49ClF3N7O2. The Kier molecular flexibility index (Phi) is 15.0. The van der Waals surface area contributed by atoms with Crippen LogP contribution in [0, 0.1) is 11.3 Å². The van der Waals surface area contributed by atoms with E-state index in [0.29, 0.717) is 43.0 Å². The quantitative estimate of drug-likeness (QED) is 0.0660. The number of aliphatic imine (C=N–C) groups is 1. The van der Waals surface area contributed by atoms with Crippen molar-refractivity contribution in [1.29, 1.82) is 0 Å². The second-order valence-electron chi connectivity index (χ2n) is 12.9. The lowest BCUT2D eigenvalue weighted by Gasteiger charge is -2.49. The van der Waals surface area contributed by atoms with E-state index in [9.17, 15) is 22.8 Å². The van der Waals surface area contributed by atoms with Crippen LogP contribution in [0.1, 0.15) is 99.3 Å². The lowest BCUT2D eigenvalue weighted by Crippen LogP contribution is -2.50. The van der Waals surface area contributed by atoms with Gasteiger partial charge in [0.05, 0.1) is 12.1 Å². The largest absolute Gasteiger partial charge is 0.416 e. The number of aldehydes is 2. The molecule has 1 saturated carbocycles. The number of amidine groups is 1. The van der Waals surface area contributed by atoms with Crippen molar-refractivity contribution in [3.05, 3.63) is 69.7 Å². The number of hydrogen-bond acceptors (Lipinski definition) is 8. The number of carbonyl (C=O) groups excluding carboxylic acids is 2. The smallest absolute Gasteiger partial charge is 0.385 e. The molecule has 0 aliphatic heterocycles. The number of benzene rings is 2. The first-order valence-corrected chi connectivity index (χ1v) is 16.1. The molecule has 1 aliphatic rings. The molecule has 1 unspecified atom stereocenters. The molecular weight excluding hydrogens is 631 g/mol. The van der Waals surface area contributed by atoms with E-state index in [0.717, 1.165) is 49.7 Å². The van der Waals surface area contributed by atoms with E-state index >= 15 is 0 Å². The standard InChI is InChI=1S/C31H38ClF3N2O2.C3H11N5/c1-6-7-28(22-10-8-21(19-38)9-11-22)37(5)30(14-12-24(13-15-30)29(2,3)4)36-27(20-39)23-16-25(31(33,34)35)18-26(32)17-23;1-6-2-3(4)7-8-5/h8-11,16-20,24,28H,6-7,12-15H2,1-5H3;6,8H,2,5H2,1H3,(H2,4,7)/b36-27+;. The Balaban J connectivity index is 0.000000849. The Morgan fingerprint density at radius 1 is 1.13 bits per heavy atom. The van der Waals surface area contributed by atoms with Gasteiger partial charge in [-0.1, -0.05) is 70.0 Å². The second-order valence-corrected chi connectivity index (χ2v) is 13.4. The summed E-state index contributed by atoms with van der Waals surface area (Å²) in [6.45, 7) is 9.29. The Hall–Kier alpha value is -3.32. The summed E-state index contributed by atoms with van der Waals surface area (Å²) in [7, 11) is 3.76. The summed E-state index contributed by atoms with van der Waals surface area (Å²) >= 11 is 6.06. The van der Waals surface area contributed by atoms with Crippen LogP contribution < -0.4 is 22.4 Å². The summed E-state index contributed by atoms with van der Waals surface area (Å²) < 4.78 is 40.6. The maximum absolute atomic E-state index is 13.5. The highest BCUT2D eigenvalue weighted by molar-refractivity contribution is 6.37. The van der Waals surface area contributed by atoms with Crippen molar-refractivity contribution in [3.63, 3.8) is 0 Å². The normalized spacial score (nSPS) is 19.9. The number of nitrogens with two attached hydrogens (primary N) is 2. The Bertz CT molecular complexity index is 1370. The lowest BCUT2D eigenvalue weighted by atomic mass is 9.69. The van der Waals surface area contributed by atoms with E-state index in [2.05, 4.69) is 48.5 Å². The number of carbonyl (C=O) groups is 2. The van der Waals surface area contributed by atoms with E-state index < -0.39 is 17.4 Å². The van der Waals surface area contributed by atoms with Gasteiger partial charge < -0.3 is 11.1 Å². The summed E-state index contributed by atoms with van der Waals surface area (Å²) in [5.74, 6) is 5.71. The Morgan fingerprint density at radius 2 is 1.74 bits per heavy atom. The topological polar surface area (TPSA) is 138 Å². The number of nitrogens with one attached hydrogen (secondary N) is 2. The van der Waals surface area contributed by atoms with Crippen molar-refractivity contribution in [2.24, 2.45) is 33.0 Å². The average molecular weight is 680 g/mol. The van der Waals surface area contributed by atoms with Crippen LogP contribution in [0.2, 0.25) is 5.02 Å². The Morgan fingerprint density at radius 3 is 2.21 bits per heavy atom. The number of hydrazone groups is 1. The van der Waals surface area contributed by atoms with Crippen LogP contribution in [0.5, 0.6) is 0 Å². The van der Waals surface area contributed by atoms with E-state index in [4.69, 9.17) is 28.2 Å². The van der Waals surface area contributed by atoms with Crippen molar-refractivity contribution in [1.82, 2.24) is 15.8 Å². The van der Waals surface area contributed by atoms with Crippen LogP contribution in [-0.4, -0.2) is 55.3 Å². The SMILES string of the molecule is CCCC(c1ccc(C=O)cc1)N(C)C1(/N=C(\C=O)c2cc(Cl)cc(C(F)(F)F)c2)CCC(C(C)(C)C)CC1.CNC/C(N)=N/NN. The molecule has 0 amide bonds. The van der Waals surface area contributed by atoms with Gasteiger partial charge in [-0.3, -0.25) is 19.5 Å². The third kappa shape index (κ3) is 11.4. The second kappa shape index (κ2) is 17.7. The first-order chi connectivity index (χ1) is 22.0. The summed E-state index contributed by atoms with van der Waals surface area (Å²) in [5, 5.41) is 6.17. The first kappa shape index (κ1) is 39.9. The molecule has 9 nitrogen and oxygen atoms in total. The number of nitrogens with zero attached hydrogens (tertiary/aromatic N) is 3. The number of likely N-dealkylation sites (N-methyl/N-ethyl adjacent to an activating group) is 1. The summed E-state index contributed by atoms with van der Waals surface area (Å²) in [4.78, 5) is 30.8. The maximum atomic E-state index is 13.5. The first-order valence-electron chi connectivity index (χ1n) is 15.7. The number of rotatable bonds is 12. The fourth-order valence-electron chi connectivity index (χ4n) is 6.02. The zero-order valence-corrected chi connectivity index (χ0v) is 28.9. The van der Waals surface area contributed by atoms with Crippen LogP contribution >= 0.6 is 11.6 Å². The molecule has 13 heteroatoms. The van der Waals surface area contributed by atoms with Gasteiger partial charge >= 0.3 is 6.18 Å². The molecule has 47 heavy (non-hydrogen) atoms. The van der Waals surface area contributed by atoms with Crippen LogP contribution in [0.3, 0.4) is 0 Å². The third-order valence-corrected chi connectivity index (χ3v) is 8.90. The summed E-state index contributed by atoms with van der Waals surface area (Å²) in [6.07, 6.45) is 1.48. The number of halogens is 4. The van der Waals surface area contributed by atoms with E-state index in [1.807, 2.05) is 19.2 Å². The maximum Gasteiger partial charge on any atom is 0.416 e. The van der Waals surface area contributed by atoms with Crippen molar-refractivity contribution >= 4 is 35.7 Å². The van der Waals surface area contributed by atoms with Crippen LogP contribution in [0.4, 0.5) is 13.2 Å². The fraction of sp³-hybridized carbons (Fsp3) is 0.529. The molecule has 1 aliphatic carbocycles.